The highest BCUT2D eigenvalue weighted by Crippen LogP contribution is 2.15. The van der Waals surface area contributed by atoms with E-state index >= 15 is 0 Å². The lowest BCUT2D eigenvalue weighted by atomic mass is 10.1. The third-order valence-corrected chi connectivity index (χ3v) is 2.81. The monoisotopic (exact) mass is 255 g/mol. The van der Waals surface area contributed by atoms with Gasteiger partial charge in [-0.25, -0.2) is 0 Å². The molecule has 0 aliphatic rings. The molecule has 1 aromatic rings. The number of ether oxygens (including phenoxy) is 2. The number of aromatic nitrogens is 2. The molecule has 1 atom stereocenters. The van der Waals surface area contributed by atoms with E-state index in [1.54, 1.807) is 7.11 Å². The molecule has 0 saturated carbocycles. The molecule has 0 bridgehead atoms. The van der Waals surface area contributed by atoms with Crippen LogP contribution in [0, 0.1) is 0 Å². The number of hydrogen-bond acceptors (Lipinski definition) is 4. The van der Waals surface area contributed by atoms with Crippen LogP contribution in [0.1, 0.15) is 31.9 Å². The van der Waals surface area contributed by atoms with Gasteiger partial charge in [0.2, 0.25) is 0 Å². The van der Waals surface area contributed by atoms with Crippen molar-refractivity contribution in [2.45, 2.75) is 32.9 Å². The van der Waals surface area contributed by atoms with Crippen LogP contribution in [0.3, 0.4) is 0 Å². The van der Waals surface area contributed by atoms with E-state index < -0.39 is 0 Å². The van der Waals surface area contributed by atoms with Gasteiger partial charge >= 0.3 is 0 Å². The van der Waals surface area contributed by atoms with E-state index in [-0.39, 0.29) is 0 Å². The smallest absolute Gasteiger partial charge is 0.0700 e. The normalized spacial score (nSPS) is 12.8. The van der Waals surface area contributed by atoms with Crippen molar-refractivity contribution in [1.82, 2.24) is 15.1 Å². The molecule has 0 aromatic carbocycles. The lowest BCUT2D eigenvalue weighted by Gasteiger charge is -2.16. The maximum absolute atomic E-state index is 5.51. The second-order valence-electron chi connectivity index (χ2n) is 4.13. The summed E-state index contributed by atoms with van der Waals surface area (Å²) in [5.74, 6) is 0. The summed E-state index contributed by atoms with van der Waals surface area (Å²) in [6, 6.07) is 0.317. The Balaban J connectivity index is 2.38. The Labute approximate surface area is 109 Å². The molecule has 0 spiro atoms. The van der Waals surface area contributed by atoms with Gasteiger partial charge in [-0.15, -0.1) is 0 Å². The summed E-state index contributed by atoms with van der Waals surface area (Å²) in [6.07, 6.45) is 4.99. The van der Waals surface area contributed by atoms with Crippen LogP contribution in [-0.2, 0) is 16.0 Å². The summed E-state index contributed by atoms with van der Waals surface area (Å²) in [4.78, 5) is 0. The van der Waals surface area contributed by atoms with Gasteiger partial charge in [0.25, 0.3) is 0 Å². The van der Waals surface area contributed by atoms with Crippen LogP contribution in [0.25, 0.3) is 0 Å². The molecule has 0 aliphatic carbocycles. The van der Waals surface area contributed by atoms with Crippen LogP contribution in [-0.4, -0.2) is 43.3 Å². The SMILES string of the molecule is CCNC(CCOCCOC)c1cnn(CC)c1. The molecular formula is C13H25N3O2. The molecule has 0 saturated heterocycles. The van der Waals surface area contributed by atoms with Gasteiger partial charge in [0.1, 0.15) is 0 Å². The first-order chi connectivity index (χ1) is 8.81. The maximum Gasteiger partial charge on any atom is 0.0700 e. The quantitative estimate of drug-likeness (QED) is 0.645. The Morgan fingerprint density at radius 2 is 2.17 bits per heavy atom. The Morgan fingerprint density at radius 3 is 2.78 bits per heavy atom. The number of nitrogens with one attached hydrogen (secondary N) is 1. The molecule has 18 heavy (non-hydrogen) atoms. The fourth-order valence-electron chi connectivity index (χ4n) is 1.81. The van der Waals surface area contributed by atoms with Crippen molar-refractivity contribution in [3.63, 3.8) is 0 Å². The lowest BCUT2D eigenvalue weighted by Crippen LogP contribution is -2.22. The zero-order chi connectivity index (χ0) is 13.2. The number of methoxy groups -OCH3 is 1. The van der Waals surface area contributed by atoms with E-state index in [4.69, 9.17) is 9.47 Å². The van der Waals surface area contributed by atoms with Crippen molar-refractivity contribution in [3.8, 4) is 0 Å². The average molecular weight is 255 g/mol. The van der Waals surface area contributed by atoms with E-state index in [1.807, 2.05) is 10.9 Å². The van der Waals surface area contributed by atoms with Crippen LogP contribution < -0.4 is 5.32 Å². The molecule has 0 amide bonds. The first kappa shape index (κ1) is 15.1. The summed E-state index contributed by atoms with van der Waals surface area (Å²) < 4.78 is 12.4. The Hall–Kier alpha value is -0.910. The van der Waals surface area contributed by atoms with E-state index in [9.17, 15) is 0 Å². The molecule has 104 valence electrons. The second kappa shape index (κ2) is 9.08. The molecule has 1 heterocycles. The van der Waals surface area contributed by atoms with E-state index in [2.05, 4.69) is 30.5 Å². The van der Waals surface area contributed by atoms with Gasteiger partial charge in [0, 0.05) is 38.1 Å². The van der Waals surface area contributed by atoms with Crippen LogP contribution in [0.4, 0.5) is 0 Å². The molecule has 5 heteroatoms. The Morgan fingerprint density at radius 1 is 1.33 bits per heavy atom. The molecule has 0 fully saturated rings. The number of hydrogen-bond donors (Lipinski definition) is 1. The second-order valence-corrected chi connectivity index (χ2v) is 4.13. The summed E-state index contributed by atoms with van der Waals surface area (Å²) in [7, 11) is 1.68. The third kappa shape index (κ3) is 5.16. The molecule has 0 radical (unpaired) electrons. The summed E-state index contributed by atoms with van der Waals surface area (Å²) in [5, 5.41) is 7.77. The number of nitrogens with zero attached hydrogens (tertiary/aromatic N) is 2. The molecule has 1 aromatic heterocycles. The highest BCUT2D eigenvalue weighted by Gasteiger charge is 2.12. The van der Waals surface area contributed by atoms with Gasteiger partial charge in [-0.1, -0.05) is 6.92 Å². The first-order valence-corrected chi connectivity index (χ1v) is 6.64. The average Bonchev–Trinajstić information content (AvgIpc) is 2.86. The largest absolute Gasteiger partial charge is 0.382 e. The zero-order valence-electron chi connectivity index (χ0n) is 11.7. The van der Waals surface area contributed by atoms with E-state index in [0.717, 1.165) is 26.1 Å². The fourth-order valence-corrected chi connectivity index (χ4v) is 1.81. The van der Waals surface area contributed by atoms with Crippen LogP contribution in [0.15, 0.2) is 12.4 Å². The van der Waals surface area contributed by atoms with Crippen LogP contribution in [0.2, 0.25) is 0 Å². The van der Waals surface area contributed by atoms with Gasteiger partial charge in [-0.3, -0.25) is 4.68 Å². The minimum absolute atomic E-state index is 0.317. The maximum atomic E-state index is 5.51. The number of aryl methyl sites for hydroxylation is 1. The predicted molar refractivity (Wildman–Crippen MR) is 71.6 cm³/mol. The van der Waals surface area contributed by atoms with Gasteiger partial charge in [0.15, 0.2) is 0 Å². The number of rotatable bonds is 10. The highest BCUT2D eigenvalue weighted by molar-refractivity contribution is 5.10. The highest BCUT2D eigenvalue weighted by atomic mass is 16.5. The molecule has 0 aliphatic heterocycles. The van der Waals surface area contributed by atoms with Gasteiger partial charge in [-0.05, 0) is 19.9 Å². The zero-order valence-corrected chi connectivity index (χ0v) is 11.7. The molecule has 1 rings (SSSR count). The van der Waals surface area contributed by atoms with Crippen LogP contribution in [0.5, 0.6) is 0 Å². The summed E-state index contributed by atoms with van der Waals surface area (Å²) in [6.45, 7) is 8.10. The lowest BCUT2D eigenvalue weighted by molar-refractivity contribution is 0.0658. The summed E-state index contributed by atoms with van der Waals surface area (Å²) >= 11 is 0. The van der Waals surface area contributed by atoms with Crippen molar-refractivity contribution < 1.29 is 9.47 Å². The van der Waals surface area contributed by atoms with Crippen LogP contribution >= 0.6 is 0 Å². The van der Waals surface area contributed by atoms with E-state index in [0.29, 0.717) is 19.3 Å². The van der Waals surface area contributed by atoms with Crippen molar-refractivity contribution in [2.75, 3.05) is 33.5 Å². The molecular weight excluding hydrogens is 230 g/mol. The standard InChI is InChI=1S/C13H25N3O2/c1-4-14-13(6-7-18-9-8-17-3)12-10-15-16(5-2)11-12/h10-11,13-14H,4-9H2,1-3H3. The fraction of sp³-hybridized carbons (Fsp3) is 0.769. The Bertz CT molecular complexity index is 315. The van der Waals surface area contributed by atoms with Crippen molar-refractivity contribution in [1.29, 1.82) is 0 Å². The minimum Gasteiger partial charge on any atom is -0.382 e. The third-order valence-electron chi connectivity index (χ3n) is 2.81. The van der Waals surface area contributed by atoms with Crippen molar-refractivity contribution in [3.05, 3.63) is 18.0 Å². The van der Waals surface area contributed by atoms with Crippen molar-refractivity contribution in [2.24, 2.45) is 0 Å². The van der Waals surface area contributed by atoms with Gasteiger partial charge < -0.3 is 14.8 Å². The summed E-state index contributed by atoms with van der Waals surface area (Å²) in [5.41, 5.74) is 1.23. The predicted octanol–water partition coefficient (Wildman–Crippen LogP) is 1.61. The minimum atomic E-state index is 0.317. The molecule has 1 unspecified atom stereocenters. The Kier molecular flexibility index (Phi) is 7.64. The van der Waals surface area contributed by atoms with Gasteiger partial charge in [-0.2, -0.15) is 5.10 Å². The van der Waals surface area contributed by atoms with E-state index in [1.165, 1.54) is 5.56 Å². The first-order valence-electron chi connectivity index (χ1n) is 6.64. The molecule has 5 nitrogen and oxygen atoms in total. The van der Waals surface area contributed by atoms with Gasteiger partial charge in [0.05, 0.1) is 19.4 Å². The molecule has 1 N–H and O–H groups in total. The van der Waals surface area contributed by atoms with Crippen molar-refractivity contribution >= 4 is 0 Å². The topological polar surface area (TPSA) is 48.3 Å².